The van der Waals surface area contributed by atoms with E-state index in [1.807, 2.05) is 0 Å². The summed E-state index contributed by atoms with van der Waals surface area (Å²) in [7, 11) is -2.22. The summed E-state index contributed by atoms with van der Waals surface area (Å²) in [5.41, 5.74) is 11.5. The van der Waals surface area contributed by atoms with Gasteiger partial charge in [0.2, 0.25) is 9.04 Å². The van der Waals surface area contributed by atoms with Gasteiger partial charge in [0.05, 0.1) is 0 Å². The highest BCUT2D eigenvalue weighted by Gasteiger charge is 2.23. The summed E-state index contributed by atoms with van der Waals surface area (Å²) in [5, 5.41) is 0. The monoisotopic (exact) mass is 205 g/mol. The Balaban J connectivity index is 3.78. The molecule has 0 aliphatic rings. The Kier molecular flexibility index (Phi) is 5.27. The van der Waals surface area contributed by atoms with E-state index in [1.54, 1.807) is 0 Å². The maximum atomic E-state index is 5.91. The van der Waals surface area contributed by atoms with Crippen molar-refractivity contribution < 1.29 is 4.12 Å². The first-order valence-corrected chi connectivity index (χ1v) is 9.74. The fourth-order valence-corrected chi connectivity index (χ4v) is 5.98. The zero-order valence-corrected chi connectivity index (χ0v) is 10.6. The van der Waals surface area contributed by atoms with E-state index in [1.165, 1.54) is 0 Å². The molecule has 1 unspecified atom stereocenters. The number of rotatable bonds is 5. The molecule has 0 aromatic carbocycles. The number of hydrogen-bond acceptors (Lipinski definition) is 3. The minimum absolute atomic E-state index is 0.187. The van der Waals surface area contributed by atoms with Crippen LogP contribution in [0.25, 0.3) is 0 Å². The molecule has 73 valence electrons. The van der Waals surface area contributed by atoms with Crippen molar-refractivity contribution in [1.29, 1.82) is 0 Å². The first-order valence-electron chi connectivity index (χ1n) is 4.35. The van der Waals surface area contributed by atoms with Crippen molar-refractivity contribution in [2.75, 3.05) is 6.54 Å². The molecule has 12 heavy (non-hydrogen) atoms. The zero-order chi connectivity index (χ0) is 9.78. The van der Waals surface area contributed by atoms with Gasteiger partial charge in [-0.25, -0.2) is 0 Å². The third kappa shape index (κ3) is 5.90. The van der Waals surface area contributed by atoms with Crippen LogP contribution < -0.4 is 11.5 Å². The van der Waals surface area contributed by atoms with Gasteiger partial charge in [0, 0.05) is 5.67 Å². The molecule has 3 nitrogen and oxygen atoms in total. The summed E-state index contributed by atoms with van der Waals surface area (Å²) in [6.45, 7) is 9.37. The maximum Gasteiger partial charge on any atom is 0.212 e. The molecule has 0 saturated heterocycles. The minimum Gasteiger partial charge on any atom is -0.455 e. The first kappa shape index (κ1) is 12.3. The van der Waals surface area contributed by atoms with E-state index in [2.05, 4.69) is 26.2 Å². The molecule has 5 heteroatoms. The van der Waals surface area contributed by atoms with Crippen molar-refractivity contribution >= 4 is 17.4 Å². The van der Waals surface area contributed by atoms with Gasteiger partial charge in [-0.3, -0.25) is 0 Å². The van der Waals surface area contributed by atoms with Gasteiger partial charge in [-0.15, -0.1) is 0 Å². The lowest BCUT2D eigenvalue weighted by Crippen LogP contribution is -2.46. The van der Waals surface area contributed by atoms with Crippen molar-refractivity contribution in [3.8, 4) is 0 Å². The highest BCUT2D eigenvalue weighted by atomic mass is 28.4. The molecule has 4 N–H and O–H groups in total. The van der Waals surface area contributed by atoms with E-state index in [0.29, 0.717) is 6.54 Å². The van der Waals surface area contributed by atoms with Crippen LogP contribution in [0, 0.1) is 0 Å². The predicted octanol–water partition coefficient (Wildman–Crippen LogP) is 0.675. The lowest BCUT2D eigenvalue weighted by Gasteiger charge is -2.26. The molecule has 0 aliphatic heterocycles. The van der Waals surface area contributed by atoms with Gasteiger partial charge in [-0.05, 0) is 39.2 Å². The Morgan fingerprint density at radius 1 is 1.42 bits per heavy atom. The van der Waals surface area contributed by atoms with Crippen LogP contribution in [0.5, 0.6) is 0 Å². The molecule has 1 atom stereocenters. The van der Waals surface area contributed by atoms with E-state index in [4.69, 9.17) is 15.6 Å². The van der Waals surface area contributed by atoms with Crippen LogP contribution in [0.15, 0.2) is 0 Å². The van der Waals surface area contributed by atoms with Gasteiger partial charge < -0.3 is 15.6 Å². The lowest BCUT2D eigenvalue weighted by molar-refractivity contribution is 0.545. The van der Waals surface area contributed by atoms with E-state index in [0.717, 1.165) is 6.42 Å². The summed E-state index contributed by atoms with van der Waals surface area (Å²) >= 11 is 0. The average molecular weight is 205 g/mol. The third-order valence-corrected chi connectivity index (χ3v) is 6.54. The number of hydrogen-bond donors (Lipinski definition) is 2. The van der Waals surface area contributed by atoms with Crippen molar-refractivity contribution in [2.24, 2.45) is 11.5 Å². The van der Waals surface area contributed by atoms with E-state index >= 15 is 0 Å². The lowest BCUT2D eigenvalue weighted by atomic mass is 10.4. The molecule has 0 amide bonds. The Labute approximate surface area is 78.3 Å². The van der Waals surface area contributed by atoms with Crippen LogP contribution in [0.1, 0.15) is 6.42 Å². The Hall–Kier alpha value is 0.314. The van der Waals surface area contributed by atoms with Crippen molar-refractivity contribution in [1.82, 2.24) is 0 Å². The molecular weight excluding hydrogens is 184 g/mol. The van der Waals surface area contributed by atoms with E-state index < -0.39 is 17.4 Å². The minimum atomic E-state index is -1.39. The maximum absolute atomic E-state index is 5.91. The van der Waals surface area contributed by atoms with E-state index in [-0.39, 0.29) is 5.67 Å². The van der Waals surface area contributed by atoms with Crippen LogP contribution in [0.3, 0.4) is 0 Å². The molecule has 0 bridgehead atoms. The molecule has 0 rings (SSSR count). The normalized spacial score (nSPS) is 15.2. The van der Waals surface area contributed by atoms with Gasteiger partial charge >= 0.3 is 0 Å². The SMILES string of the molecule is C[Si](O[Si](C)(C)C)C(N)CCN. The highest BCUT2D eigenvalue weighted by molar-refractivity contribution is 6.77. The van der Waals surface area contributed by atoms with Crippen LogP contribution in [0.2, 0.25) is 26.2 Å². The van der Waals surface area contributed by atoms with Gasteiger partial charge in [0.15, 0.2) is 8.32 Å². The van der Waals surface area contributed by atoms with Crippen molar-refractivity contribution in [3.05, 3.63) is 0 Å². The molecule has 0 aromatic rings. The first-order chi connectivity index (χ1) is 5.37. The van der Waals surface area contributed by atoms with Gasteiger partial charge in [0.1, 0.15) is 0 Å². The molecule has 0 saturated carbocycles. The fraction of sp³-hybridized carbons (Fsp3) is 1.00. The summed E-state index contributed by atoms with van der Waals surface area (Å²) < 4.78 is 5.91. The van der Waals surface area contributed by atoms with E-state index in [9.17, 15) is 0 Å². The van der Waals surface area contributed by atoms with Crippen LogP contribution >= 0.6 is 0 Å². The van der Waals surface area contributed by atoms with Gasteiger partial charge in [-0.2, -0.15) is 0 Å². The van der Waals surface area contributed by atoms with Crippen LogP contribution in [0.4, 0.5) is 0 Å². The summed E-state index contributed by atoms with van der Waals surface area (Å²) in [5.74, 6) is 0. The van der Waals surface area contributed by atoms with Crippen LogP contribution in [-0.2, 0) is 4.12 Å². The average Bonchev–Trinajstić information content (AvgIpc) is 1.84. The second-order valence-electron chi connectivity index (χ2n) is 4.01. The molecular formula is C7H21N2OSi2. The van der Waals surface area contributed by atoms with Gasteiger partial charge in [0.25, 0.3) is 0 Å². The third-order valence-electron chi connectivity index (χ3n) is 1.47. The second-order valence-corrected chi connectivity index (χ2v) is 11.0. The predicted molar refractivity (Wildman–Crippen MR) is 57.7 cm³/mol. The van der Waals surface area contributed by atoms with Crippen molar-refractivity contribution in [2.45, 2.75) is 38.3 Å². The smallest absolute Gasteiger partial charge is 0.212 e. The zero-order valence-electron chi connectivity index (χ0n) is 8.55. The highest BCUT2D eigenvalue weighted by Crippen LogP contribution is 2.07. The summed E-state index contributed by atoms with van der Waals surface area (Å²) in [4.78, 5) is 0. The standard InChI is InChI=1S/C7H21N2OSi2/c1-11(7(9)5-6-8)10-12(2,3)4/h7H,5-6,8-9H2,1-4H3. The second kappa shape index (κ2) is 5.13. The molecule has 0 heterocycles. The summed E-state index contributed by atoms with van der Waals surface area (Å²) in [6.07, 6.45) is 0.884. The number of nitrogens with two attached hydrogens (primary N) is 2. The Morgan fingerprint density at radius 3 is 2.25 bits per heavy atom. The van der Waals surface area contributed by atoms with Crippen molar-refractivity contribution in [3.63, 3.8) is 0 Å². The molecule has 0 aromatic heterocycles. The molecule has 1 radical (unpaired) electrons. The largest absolute Gasteiger partial charge is 0.455 e. The van der Waals surface area contributed by atoms with Gasteiger partial charge in [-0.1, -0.05) is 0 Å². The quantitative estimate of drug-likeness (QED) is 0.649. The topological polar surface area (TPSA) is 61.3 Å². The molecule has 0 fully saturated rings. The Bertz CT molecular complexity index is 127. The summed E-state index contributed by atoms with van der Waals surface area (Å²) in [6, 6.07) is 0. The molecule has 0 spiro atoms. The fourth-order valence-electron chi connectivity index (χ4n) is 0.941. The molecule has 0 aliphatic carbocycles. The van der Waals surface area contributed by atoms with Crippen LogP contribution in [-0.4, -0.2) is 29.6 Å². The Morgan fingerprint density at radius 2 is 1.92 bits per heavy atom.